The highest BCUT2D eigenvalue weighted by molar-refractivity contribution is 5.50. The van der Waals surface area contributed by atoms with Gasteiger partial charge in [0.15, 0.2) is 0 Å². The van der Waals surface area contributed by atoms with E-state index in [1.54, 1.807) is 28.4 Å². The molecule has 1 aliphatic carbocycles. The fourth-order valence-corrected chi connectivity index (χ4v) is 2.69. The first-order valence-corrected chi connectivity index (χ1v) is 7.23. The lowest BCUT2D eigenvalue weighted by Gasteiger charge is -2.40. The maximum Gasteiger partial charge on any atom is 0.130 e. The molecule has 0 bridgehead atoms. The first kappa shape index (κ1) is 15.9. The maximum atomic E-state index is 5.62. The molecule has 0 heterocycles. The summed E-state index contributed by atoms with van der Waals surface area (Å²) in [4.78, 5) is 0. The quantitative estimate of drug-likeness (QED) is 0.798. The molecule has 5 nitrogen and oxygen atoms in total. The van der Waals surface area contributed by atoms with E-state index in [1.165, 1.54) is 6.42 Å². The third-order valence-electron chi connectivity index (χ3n) is 4.26. The van der Waals surface area contributed by atoms with Crippen molar-refractivity contribution < 1.29 is 18.9 Å². The Balaban J connectivity index is 2.07. The molecule has 1 fully saturated rings. The maximum absolute atomic E-state index is 5.62. The second-order valence-corrected chi connectivity index (χ2v) is 5.35. The van der Waals surface area contributed by atoms with Gasteiger partial charge in [0.05, 0.1) is 32.5 Å². The van der Waals surface area contributed by atoms with E-state index in [0.29, 0.717) is 6.54 Å². The van der Waals surface area contributed by atoms with Gasteiger partial charge < -0.3 is 24.3 Å². The minimum atomic E-state index is 0.00689. The van der Waals surface area contributed by atoms with Gasteiger partial charge in [0, 0.05) is 32.3 Å². The lowest BCUT2D eigenvalue weighted by Crippen LogP contribution is -2.47. The molecule has 1 saturated carbocycles. The highest BCUT2D eigenvalue weighted by Gasteiger charge is 2.36. The van der Waals surface area contributed by atoms with Crippen LogP contribution in [0, 0.1) is 0 Å². The smallest absolute Gasteiger partial charge is 0.130 e. The molecule has 2 rings (SSSR count). The number of methoxy groups -OCH3 is 4. The van der Waals surface area contributed by atoms with Crippen LogP contribution in [0.1, 0.15) is 24.8 Å². The highest BCUT2D eigenvalue weighted by Crippen LogP contribution is 2.36. The third kappa shape index (κ3) is 3.41. The molecule has 1 N–H and O–H groups in total. The topological polar surface area (TPSA) is 49.0 Å². The summed E-state index contributed by atoms with van der Waals surface area (Å²) >= 11 is 0. The summed E-state index contributed by atoms with van der Waals surface area (Å²) in [7, 11) is 6.72. The van der Waals surface area contributed by atoms with Crippen molar-refractivity contribution in [3.05, 3.63) is 17.7 Å². The molecule has 118 valence electrons. The molecular weight excluding hydrogens is 270 g/mol. The second-order valence-electron chi connectivity index (χ2n) is 5.35. The summed E-state index contributed by atoms with van der Waals surface area (Å²) in [6, 6.07) is 3.74. The van der Waals surface area contributed by atoms with Crippen molar-refractivity contribution in [1.82, 2.24) is 5.32 Å². The molecule has 0 saturated heterocycles. The Labute approximate surface area is 126 Å². The van der Waals surface area contributed by atoms with Crippen molar-refractivity contribution in [2.24, 2.45) is 0 Å². The lowest BCUT2D eigenvalue weighted by atomic mass is 9.80. The van der Waals surface area contributed by atoms with E-state index in [0.717, 1.165) is 42.2 Å². The average molecular weight is 295 g/mol. The van der Waals surface area contributed by atoms with Crippen molar-refractivity contribution in [3.8, 4) is 17.2 Å². The minimum Gasteiger partial charge on any atom is -0.496 e. The molecule has 21 heavy (non-hydrogen) atoms. The normalized spacial score (nSPS) is 16.2. The van der Waals surface area contributed by atoms with Gasteiger partial charge in [0.2, 0.25) is 0 Å². The largest absolute Gasteiger partial charge is 0.496 e. The van der Waals surface area contributed by atoms with E-state index in [-0.39, 0.29) is 5.60 Å². The predicted molar refractivity (Wildman–Crippen MR) is 81.4 cm³/mol. The number of hydrogen-bond acceptors (Lipinski definition) is 5. The van der Waals surface area contributed by atoms with Crippen molar-refractivity contribution >= 4 is 0 Å². The molecular formula is C16H25NO4. The van der Waals surface area contributed by atoms with E-state index >= 15 is 0 Å². The van der Waals surface area contributed by atoms with Crippen LogP contribution in [0.4, 0.5) is 0 Å². The molecule has 0 amide bonds. The van der Waals surface area contributed by atoms with Crippen LogP contribution < -0.4 is 19.5 Å². The molecule has 0 atom stereocenters. The Morgan fingerprint density at radius 3 is 2.00 bits per heavy atom. The summed E-state index contributed by atoms with van der Waals surface area (Å²) in [6.45, 7) is 1.50. The van der Waals surface area contributed by atoms with Crippen molar-refractivity contribution in [3.63, 3.8) is 0 Å². The van der Waals surface area contributed by atoms with Gasteiger partial charge in [-0.15, -0.1) is 0 Å². The Hall–Kier alpha value is -1.46. The molecule has 5 heteroatoms. The van der Waals surface area contributed by atoms with Gasteiger partial charge in [-0.1, -0.05) is 0 Å². The number of ether oxygens (including phenoxy) is 4. The first-order chi connectivity index (χ1) is 10.2. The van der Waals surface area contributed by atoms with Crippen LogP contribution in [0.3, 0.4) is 0 Å². The number of nitrogens with one attached hydrogen (secondary N) is 1. The van der Waals surface area contributed by atoms with E-state index in [4.69, 9.17) is 18.9 Å². The van der Waals surface area contributed by atoms with Gasteiger partial charge in [-0.25, -0.2) is 0 Å². The van der Waals surface area contributed by atoms with Crippen molar-refractivity contribution in [2.75, 3.05) is 35.0 Å². The Bertz CT molecular complexity index is 441. The fraction of sp³-hybridized carbons (Fsp3) is 0.625. The Morgan fingerprint density at radius 2 is 1.62 bits per heavy atom. The van der Waals surface area contributed by atoms with Crippen LogP contribution in [-0.4, -0.2) is 40.6 Å². The molecule has 0 radical (unpaired) electrons. The van der Waals surface area contributed by atoms with Crippen LogP contribution in [0.2, 0.25) is 0 Å². The number of hydrogen-bond donors (Lipinski definition) is 1. The summed E-state index contributed by atoms with van der Waals surface area (Å²) in [5, 5.41) is 3.46. The molecule has 0 unspecified atom stereocenters. The number of rotatable bonds is 8. The molecule has 1 aromatic rings. The second kappa shape index (κ2) is 7.00. The van der Waals surface area contributed by atoms with E-state index < -0.39 is 0 Å². The van der Waals surface area contributed by atoms with Gasteiger partial charge in [-0.2, -0.15) is 0 Å². The van der Waals surface area contributed by atoms with Crippen LogP contribution in [0.5, 0.6) is 17.2 Å². The van der Waals surface area contributed by atoms with E-state index in [2.05, 4.69) is 5.32 Å². The minimum absolute atomic E-state index is 0.00689. The standard InChI is InChI=1S/C16H25NO4/c1-18-12-8-14(19-2)13(15(9-12)20-3)10-17-11-16(21-4)6-5-7-16/h8-9,17H,5-7,10-11H2,1-4H3. The van der Waals surface area contributed by atoms with Crippen molar-refractivity contribution in [2.45, 2.75) is 31.4 Å². The average Bonchev–Trinajstić information content (AvgIpc) is 2.49. The van der Waals surface area contributed by atoms with Crippen molar-refractivity contribution in [1.29, 1.82) is 0 Å². The van der Waals surface area contributed by atoms with Gasteiger partial charge in [-0.3, -0.25) is 0 Å². The van der Waals surface area contributed by atoms with E-state index in [1.807, 2.05) is 12.1 Å². The van der Waals surface area contributed by atoms with Gasteiger partial charge in [0.1, 0.15) is 17.2 Å². The SMILES string of the molecule is COc1cc(OC)c(CNCC2(OC)CCC2)c(OC)c1. The summed E-state index contributed by atoms with van der Waals surface area (Å²) < 4.78 is 21.8. The molecule has 1 aliphatic rings. The van der Waals surface area contributed by atoms with Crippen LogP contribution >= 0.6 is 0 Å². The summed E-state index contributed by atoms with van der Waals surface area (Å²) in [5.74, 6) is 2.25. The first-order valence-electron chi connectivity index (χ1n) is 7.23. The zero-order valence-corrected chi connectivity index (χ0v) is 13.3. The van der Waals surface area contributed by atoms with Gasteiger partial charge in [0.25, 0.3) is 0 Å². The van der Waals surface area contributed by atoms with Gasteiger partial charge >= 0.3 is 0 Å². The Morgan fingerprint density at radius 1 is 1.00 bits per heavy atom. The van der Waals surface area contributed by atoms with Gasteiger partial charge in [-0.05, 0) is 19.3 Å². The molecule has 0 spiro atoms. The fourth-order valence-electron chi connectivity index (χ4n) is 2.69. The highest BCUT2D eigenvalue weighted by atomic mass is 16.5. The molecule has 1 aromatic carbocycles. The van der Waals surface area contributed by atoms with Crippen LogP contribution in [-0.2, 0) is 11.3 Å². The lowest BCUT2D eigenvalue weighted by molar-refractivity contribution is -0.0695. The Kier molecular flexibility index (Phi) is 5.31. The number of benzene rings is 1. The molecule has 0 aromatic heterocycles. The summed E-state index contributed by atoms with van der Waals surface area (Å²) in [5.41, 5.74) is 0.999. The zero-order valence-electron chi connectivity index (χ0n) is 13.3. The predicted octanol–water partition coefficient (Wildman–Crippen LogP) is 2.37. The monoisotopic (exact) mass is 295 g/mol. The van der Waals surface area contributed by atoms with Crippen LogP contribution in [0.25, 0.3) is 0 Å². The third-order valence-corrected chi connectivity index (χ3v) is 4.26. The van der Waals surface area contributed by atoms with E-state index in [9.17, 15) is 0 Å². The molecule has 0 aliphatic heterocycles. The van der Waals surface area contributed by atoms with Crippen LogP contribution in [0.15, 0.2) is 12.1 Å². The zero-order chi connectivity index (χ0) is 15.3. The summed E-state index contributed by atoms with van der Waals surface area (Å²) in [6.07, 6.45) is 3.48.